The Morgan fingerprint density at radius 1 is 1.38 bits per heavy atom. The van der Waals surface area contributed by atoms with E-state index in [2.05, 4.69) is 24.0 Å². The second kappa shape index (κ2) is 6.11. The van der Waals surface area contributed by atoms with E-state index in [0.717, 1.165) is 6.42 Å². The van der Waals surface area contributed by atoms with E-state index in [1.807, 2.05) is 32.0 Å². The first kappa shape index (κ1) is 12.5. The molecule has 2 nitrogen and oxygen atoms in total. The number of hydrogen-bond donors (Lipinski definition) is 1. The number of hydrogen-bond acceptors (Lipinski definition) is 1. The van der Waals surface area contributed by atoms with Crippen LogP contribution in [0.15, 0.2) is 43.0 Å². The van der Waals surface area contributed by atoms with Gasteiger partial charge in [0.15, 0.2) is 0 Å². The molecule has 1 aromatic rings. The van der Waals surface area contributed by atoms with E-state index in [1.54, 1.807) is 6.08 Å². The minimum Gasteiger partial charge on any atom is -0.349 e. The summed E-state index contributed by atoms with van der Waals surface area (Å²) in [6.45, 7) is 7.53. The summed E-state index contributed by atoms with van der Waals surface area (Å²) in [5, 5.41) is 2.96. The van der Waals surface area contributed by atoms with Gasteiger partial charge in [-0.25, -0.2) is 0 Å². The maximum absolute atomic E-state index is 11.5. The Bertz CT molecular complexity index is 343. The first-order valence-electron chi connectivity index (χ1n) is 5.60. The van der Waals surface area contributed by atoms with Crippen molar-refractivity contribution in [3.05, 3.63) is 48.6 Å². The van der Waals surface area contributed by atoms with E-state index in [9.17, 15) is 4.79 Å². The molecule has 0 aliphatic rings. The molecule has 0 radical (unpaired) electrons. The van der Waals surface area contributed by atoms with Crippen molar-refractivity contribution in [3.63, 3.8) is 0 Å². The van der Waals surface area contributed by atoms with Gasteiger partial charge in [0, 0.05) is 5.92 Å². The molecule has 0 aromatic heterocycles. The van der Waals surface area contributed by atoms with Gasteiger partial charge in [-0.1, -0.05) is 50.3 Å². The lowest BCUT2D eigenvalue weighted by Crippen LogP contribution is -2.37. The average Bonchev–Trinajstić information content (AvgIpc) is 2.29. The summed E-state index contributed by atoms with van der Waals surface area (Å²) in [7, 11) is 0. The average molecular weight is 217 g/mol. The molecule has 2 heteroatoms. The van der Waals surface area contributed by atoms with Crippen LogP contribution in [0.4, 0.5) is 0 Å². The summed E-state index contributed by atoms with van der Waals surface area (Å²) < 4.78 is 0. The molecule has 0 saturated carbocycles. The van der Waals surface area contributed by atoms with Crippen LogP contribution in [0.3, 0.4) is 0 Å². The molecule has 0 fully saturated rings. The molecule has 0 heterocycles. The van der Waals surface area contributed by atoms with Crippen LogP contribution in [0.1, 0.15) is 19.4 Å². The summed E-state index contributed by atoms with van der Waals surface area (Å²) in [6.07, 6.45) is 2.58. The largest absolute Gasteiger partial charge is 0.349 e. The smallest absolute Gasteiger partial charge is 0.223 e. The predicted molar refractivity (Wildman–Crippen MR) is 67.1 cm³/mol. The molecule has 0 bridgehead atoms. The van der Waals surface area contributed by atoms with Crippen LogP contribution in [0.5, 0.6) is 0 Å². The number of amides is 1. The third-order valence-electron chi connectivity index (χ3n) is 2.43. The number of nitrogens with one attached hydrogen (secondary N) is 1. The molecule has 0 unspecified atom stereocenters. The fourth-order valence-electron chi connectivity index (χ4n) is 1.41. The van der Waals surface area contributed by atoms with Crippen molar-refractivity contribution in [1.29, 1.82) is 0 Å². The number of benzene rings is 1. The van der Waals surface area contributed by atoms with E-state index in [-0.39, 0.29) is 17.9 Å². The summed E-state index contributed by atoms with van der Waals surface area (Å²) >= 11 is 0. The number of rotatable bonds is 5. The molecule has 1 rings (SSSR count). The first-order valence-corrected chi connectivity index (χ1v) is 5.60. The zero-order valence-corrected chi connectivity index (χ0v) is 9.94. The van der Waals surface area contributed by atoms with Gasteiger partial charge in [-0.3, -0.25) is 4.79 Å². The Morgan fingerprint density at radius 2 is 2.00 bits per heavy atom. The highest BCUT2D eigenvalue weighted by Gasteiger charge is 2.12. The van der Waals surface area contributed by atoms with Gasteiger partial charge in [-0.15, -0.1) is 6.58 Å². The highest BCUT2D eigenvalue weighted by Crippen LogP contribution is 2.04. The minimum absolute atomic E-state index is 0.0114. The Kier molecular flexibility index (Phi) is 4.77. The van der Waals surface area contributed by atoms with Crippen molar-refractivity contribution >= 4 is 5.91 Å². The highest BCUT2D eigenvalue weighted by molar-refractivity contribution is 5.78. The van der Waals surface area contributed by atoms with Crippen LogP contribution >= 0.6 is 0 Å². The van der Waals surface area contributed by atoms with Gasteiger partial charge in [0.05, 0.1) is 6.04 Å². The van der Waals surface area contributed by atoms with E-state index in [1.165, 1.54) is 5.56 Å². The number of carbonyl (C=O) groups excluding carboxylic acids is 1. The SMILES string of the molecule is C=C[C@H](Cc1ccccc1)NC(=O)C(C)C. The fraction of sp³-hybridized carbons (Fsp3) is 0.357. The zero-order chi connectivity index (χ0) is 12.0. The third-order valence-corrected chi connectivity index (χ3v) is 2.43. The molecule has 1 N–H and O–H groups in total. The van der Waals surface area contributed by atoms with Crippen molar-refractivity contribution < 1.29 is 4.79 Å². The molecule has 0 aliphatic carbocycles. The lowest BCUT2D eigenvalue weighted by Gasteiger charge is -2.16. The van der Waals surface area contributed by atoms with E-state index in [4.69, 9.17) is 0 Å². The van der Waals surface area contributed by atoms with Crippen molar-refractivity contribution in [2.24, 2.45) is 5.92 Å². The molecular weight excluding hydrogens is 198 g/mol. The Labute approximate surface area is 97.4 Å². The van der Waals surface area contributed by atoms with Gasteiger partial charge in [0.25, 0.3) is 0 Å². The topological polar surface area (TPSA) is 29.1 Å². The lowest BCUT2D eigenvalue weighted by molar-refractivity contribution is -0.124. The quantitative estimate of drug-likeness (QED) is 0.754. The Hall–Kier alpha value is -1.57. The maximum Gasteiger partial charge on any atom is 0.223 e. The third kappa shape index (κ3) is 3.89. The van der Waals surface area contributed by atoms with Crippen LogP contribution in [0, 0.1) is 5.92 Å². The molecule has 1 atom stereocenters. The Morgan fingerprint density at radius 3 is 2.50 bits per heavy atom. The first-order chi connectivity index (χ1) is 7.63. The van der Waals surface area contributed by atoms with E-state index in [0.29, 0.717) is 0 Å². The van der Waals surface area contributed by atoms with Crippen molar-refractivity contribution in [2.45, 2.75) is 26.3 Å². The molecule has 0 spiro atoms. The van der Waals surface area contributed by atoms with Gasteiger partial charge < -0.3 is 5.32 Å². The second-order valence-electron chi connectivity index (χ2n) is 4.20. The fourth-order valence-corrected chi connectivity index (χ4v) is 1.41. The monoisotopic (exact) mass is 217 g/mol. The van der Waals surface area contributed by atoms with Crippen LogP contribution in [-0.2, 0) is 11.2 Å². The van der Waals surface area contributed by atoms with Crippen molar-refractivity contribution in [1.82, 2.24) is 5.32 Å². The molecule has 0 aliphatic heterocycles. The van der Waals surface area contributed by atoms with Gasteiger partial charge in [0.2, 0.25) is 5.91 Å². The molecule has 16 heavy (non-hydrogen) atoms. The van der Waals surface area contributed by atoms with Crippen LogP contribution in [0.2, 0.25) is 0 Å². The van der Waals surface area contributed by atoms with Crippen LogP contribution < -0.4 is 5.32 Å². The maximum atomic E-state index is 11.5. The summed E-state index contributed by atoms with van der Waals surface area (Å²) in [6, 6.07) is 10.1. The van der Waals surface area contributed by atoms with E-state index < -0.39 is 0 Å². The second-order valence-corrected chi connectivity index (χ2v) is 4.20. The number of carbonyl (C=O) groups is 1. The molecule has 1 aromatic carbocycles. The molecular formula is C14H19NO. The molecule has 1 amide bonds. The standard InChI is InChI=1S/C14H19NO/c1-4-13(15-14(16)11(2)3)10-12-8-6-5-7-9-12/h4-9,11,13H,1,10H2,2-3H3,(H,15,16)/t13-/m1/s1. The van der Waals surface area contributed by atoms with Gasteiger partial charge in [-0.05, 0) is 12.0 Å². The lowest BCUT2D eigenvalue weighted by atomic mass is 10.1. The summed E-state index contributed by atoms with van der Waals surface area (Å²) in [5.74, 6) is 0.0825. The predicted octanol–water partition coefficient (Wildman–Crippen LogP) is 2.56. The van der Waals surface area contributed by atoms with Gasteiger partial charge in [-0.2, -0.15) is 0 Å². The van der Waals surface area contributed by atoms with Crippen molar-refractivity contribution in [3.8, 4) is 0 Å². The molecule has 86 valence electrons. The summed E-state index contributed by atoms with van der Waals surface area (Å²) in [5.41, 5.74) is 1.21. The Balaban J connectivity index is 2.56. The molecule has 0 saturated heterocycles. The zero-order valence-electron chi connectivity index (χ0n) is 9.94. The van der Waals surface area contributed by atoms with Gasteiger partial charge >= 0.3 is 0 Å². The van der Waals surface area contributed by atoms with Crippen LogP contribution in [0.25, 0.3) is 0 Å². The minimum atomic E-state index is 0.0114. The van der Waals surface area contributed by atoms with E-state index >= 15 is 0 Å². The van der Waals surface area contributed by atoms with Crippen LogP contribution in [-0.4, -0.2) is 11.9 Å². The summed E-state index contributed by atoms with van der Waals surface area (Å²) in [4.78, 5) is 11.5. The highest BCUT2D eigenvalue weighted by atomic mass is 16.1. The normalized spacial score (nSPS) is 12.2. The van der Waals surface area contributed by atoms with Crippen molar-refractivity contribution in [2.75, 3.05) is 0 Å². The van der Waals surface area contributed by atoms with Gasteiger partial charge in [0.1, 0.15) is 0 Å².